The Morgan fingerprint density at radius 2 is 1.92 bits per heavy atom. The maximum absolute atomic E-state index is 13.1. The van der Waals surface area contributed by atoms with Crippen molar-refractivity contribution in [1.82, 2.24) is 25.3 Å². The number of alkyl halides is 3. The van der Waals surface area contributed by atoms with Gasteiger partial charge in [0.1, 0.15) is 22.7 Å². The van der Waals surface area contributed by atoms with Gasteiger partial charge in [-0.1, -0.05) is 18.5 Å². The number of carbonyl (C=O) groups excluding carboxylic acids is 2. The normalized spacial score (nSPS) is 15.3. The highest BCUT2D eigenvalue weighted by Gasteiger charge is 2.34. The Morgan fingerprint density at radius 1 is 1.16 bits per heavy atom. The van der Waals surface area contributed by atoms with Crippen LogP contribution in [-0.2, 0) is 12.6 Å². The van der Waals surface area contributed by atoms with E-state index in [1.165, 1.54) is 12.5 Å². The Balaban J connectivity index is 1.35. The minimum absolute atomic E-state index is 0.132. The molecule has 8 nitrogen and oxygen atoms in total. The molecule has 0 radical (unpaired) electrons. The summed E-state index contributed by atoms with van der Waals surface area (Å²) < 4.78 is 39.2. The number of nitrogens with one attached hydrogen (secondary N) is 2. The number of ketones is 1. The Kier molecular flexibility index (Phi) is 9.06. The average Bonchev–Trinajstić information content (AvgIpc) is 3.40. The summed E-state index contributed by atoms with van der Waals surface area (Å²) in [6, 6.07) is 2.41. The number of aryl methyl sites for hydroxylation is 1. The van der Waals surface area contributed by atoms with Gasteiger partial charge >= 0.3 is 6.18 Å². The number of amides is 1. The van der Waals surface area contributed by atoms with Gasteiger partial charge < -0.3 is 10.6 Å². The van der Waals surface area contributed by atoms with Crippen molar-refractivity contribution in [2.45, 2.75) is 51.1 Å². The Hall–Kier alpha value is -2.96. The second-order valence-corrected chi connectivity index (χ2v) is 10.7. The number of halogens is 4. The highest BCUT2D eigenvalue weighted by Crippen LogP contribution is 2.35. The fourth-order valence-corrected chi connectivity index (χ4v) is 5.28. The van der Waals surface area contributed by atoms with Gasteiger partial charge in [0.25, 0.3) is 5.91 Å². The van der Waals surface area contributed by atoms with Crippen LogP contribution < -0.4 is 10.6 Å². The van der Waals surface area contributed by atoms with Crippen molar-refractivity contribution in [1.29, 1.82) is 0 Å². The first kappa shape index (κ1) is 28.1. The van der Waals surface area contributed by atoms with E-state index in [2.05, 4.69) is 30.6 Å². The van der Waals surface area contributed by atoms with Crippen LogP contribution in [0.5, 0.6) is 0 Å². The molecule has 202 valence electrons. The van der Waals surface area contributed by atoms with Crippen LogP contribution in [0.4, 0.5) is 19.0 Å². The lowest BCUT2D eigenvalue weighted by Gasteiger charge is -2.22. The van der Waals surface area contributed by atoms with Crippen molar-refractivity contribution in [3.05, 3.63) is 62.7 Å². The first-order chi connectivity index (χ1) is 18.1. The van der Waals surface area contributed by atoms with Gasteiger partial charge in [-0.2, -0.15) is 13.2 Å². The van der Waals surface area contributed by atoms with E-state index in [1.807, 2.05) is 6.92 Å². The summed E-state index contributed by atoms with van der Waals surface area (Å²) in [7, 11) is 0. The lowest BCUT2D eigenvalue weighted by molar-refractivity contribution is -0.137. The van der Waals surface area contributed by atoms with E-state index < -0.39 is 22.7 Å². The number of hydrogen-bond acceptors (Lipinski definition) is 8. The van der Waals surface area contributed by atoms with E-state index in [0.717, 1.165) is 62.0 Å². The molecule has 2 N–H and O–H groups in total. The fraction of sp³-hybridized carbons (Fsp3) is 0.440. The van der Waals surface area contributed by atoms with Gasteiger partial charge in [0, 0.05) is 24.2 Å². The van der Waals surface area contributed by atoms with Crippen LogP contribution in [0.25, 0.3) is 0 Å². The average molecular weight is 567 g/mol. The number of hydrogen-bond donors (Lipinski definition) is 2. The molecule has 13 heteroatoms. The molecule has 1 aliphatic heterocycles. The molecular weight excluding hydrogens is 541 g/mol. The molecule has 3 aromatic rings. The third-order valence-electron chi connectivity index (χ3n) is 6.34. The van der Waals surface area contributed by atoms with Gasteiger partial charge in [-0.25, -0.2) is 19.9 Å². The van der Waals surface area contributed by atoms with Gasteiger partial charge in [-0.3, -0.25) is 9.59 Å². The molecule has 1 saturated heterocycles. The maximum Gasteiger partial charge on any atom is 0.418 e. The largest absolute Gasteiger partial charge is 0.418 e. The standard InChI is InChI=1S/C25H26ClF3N6O2S/c1-14(8-20(36)19-9-16(33-13-34-19)3-2-15-4-6-30-7-5-15)24-32-12-21(38-24)23(37)35-22-10-17(25(27,28)29)18(26)11-31-22/h9-15,30H,2-8H2,1H3,(H,31,35,37). The predicted molar refractivity (Wildman–Crippen MR) is 138 cm³/mol. The van der Waals surface area contributed by atoms with Crippen LogP contribution in [0.3, 0.4) is 0 Å². The monoisotopic (exact) mass is 566 g/mol. The zero-order chi connectivity index (χ0) is 27.3. The highest BCUT2D eigenvalue weighted by molar-refractivity contribution is 7.13. The first-order valence-electron chi connectivity index (χ1n) is 12.1. The number of anilines is 1. The minimum Gasteiger partial charge on any atom is -0.317 e. The van der Waals surface area contributed by atoms with Crippen LogP contribution >= 0.6 is 22.9 Å². The summed E-state index contributed by atoms with van der Waals surface area (Å²) in [6.45, 7) is 3.88. The summed E-state index contributed by atoms with van der Waals surface area (Å²) in [6.07, 6.45) is 3.12. The first-order valence-corrected chi connectivity index (χ1v) is 13.3. The molecule has 0 aliphatic carbocycles. The number of piperidine rings is 1. The van der Waals surface area contributed by atoms with Gasteiger partial charge in [0.2, 0.25) is 0 Å². The third-order valence-corrected chi connectivity index (χ3v) is 7.87. The van der Waals surface area contributed by atoms with E-state index in [4.69, 9.17) is 11.6 Å². The number of carbonyl (C=O) groups is 2. The molecule has 4 rings (SSSR count). The second kappa shape index (κ2) is 12.3. The van der Waals surface area contributed by atoms with Crippen molar-refractivity contribution in [3.63, 3.8) is 0 Å². The molecular formula is C25H26ClF3N6O2S. The van der Waals surface area contributed by atoms with Crippen molar-refractivity contribution in [3.8, 4) is 0 Å². The van der Waals surface area contributed by atoms with Crippen LogP contribution in [0, 0.1) is 5.92 Å². The second-order valence-electron chi connectivity index (χ2n) is 9.22. The Bertz CT molecular complexity index is 1300. The number of pyridine rings is 1. The van der Waals surface area contributed by atoms with Crippen LogP contribution in [0.15, 0.2) is 30.9 Å². The van der Waals surface area contributed by atoms with Gasteiger partial charge in [0.05, 0.1) is 21.8 Å². The number of thiazole rings is 1. The molecule has 0 aromatic carbocycles. The lowest BCUT2D eigenvalue weighted by Crippen LogP contribution is -2.27. The smallest absolute Gasteiger partial charge is 0.317 e. The fourth-order valence-electron chi connectivity index (χ4n) is 4.20. The summed E-state index contributed by atoms with van der Waals surface area (Å²) >= 11 is 6.63. The van der Waals surface area contributed by atoms with Gasteiger partial charge in [-0.15, -0.1) is 11.3 Å². The zero-order valence-electron chi connectivity index (χ0n) is 20.5. The van der Waals surface area contributed by atoms with Crippen LogP contribution in [0.1, 0.15) is 75.0 Å². The zero-order valence-corrected chi connectivity index (χ0v) is 22.1. The number of aromatic nitrogens is 4. The maximum atomic E-state index is 13.1. The summed E-state index contributed by atoms with van der Waals surface area (Å²) in [5, 5.41) is 5.67. The summed E-state index contributed by atoms with van der Waals surface area (Å²) in [5.74, 6) is -0.750. The number of nitrogens with zero attached hydrogens (tertiary/aromatic N) is 4. The number of Topliss-reactive ketones (excluding diaryl/α,β-unsaturated/α-hetero) is 1. The molecule has 1 aliphatic rings. The SMILES string of the molecule is CC(CC(=O)c1cc(CCC2CCNCC2)ncn1)c1ncc(C(=O)Nc2cc(C(F)(F)F)c(Cl)cn2)s1. The molecule has 1 amide bonds. The minimum atomic E-state index is -4.68. The van der Waals surface area contributed by atoms with Crippen molar-refractivity contribution < 1.29 is 22.8 Å². The summed E-state index contributed by atoms with van der Waals surface area (Å²) in [4.78, 5) is 42.1. The number of rotatable bonds is 9. The quantitative estimate of drug-likeness (QED) is 0.326. The topological polar surface area (TPSA) is 110 Å². The molecule has 0 bridgehead atoms. The van der Waals surface area contributed by atoms with E-state index >= 15 is 0 Å². The van der Waals surface area contributed by atoms with E-state index in [9.17, 15) is 22.8 Å². The summed E-state index contributed by atoms with van der Waals surface area (Å²) in [5.41, 5.74) is 0.0870. The van der Waals surface area contributed by atoms with E-state index in [-0.39, 0.29) is 28.8 Å². The van der Waals surface area contributed by atoms with Gasteiger partial charge in [-0.05, 0) is 56.8 Å². The molecule has 1 unspecified atom stereocenters. The molecule has 0 saturated carbocycles. The van der Waals surface area contributed by atoms with Crippen LogP contribution in [-0.4, -0.2) is 44.7 Å². The highest BCUT2D eigenvalue weighted by atomic mass is 35.5. The van der Waals surface area contributed by atoms with E-state index in [0.29, 0.717) is 22.7 Å². The molecule has 0 spiro atoms. The van der Waals surface area contributed by atoms with Crippen molar-refractivity contribution >= 4 is 40.4 Å². The van der Waals surface area contributed by atoms with Crippen molar-refractivity contribution in [2.75, 3.05) is 18.4 Å². The molecule has 1 atom stereocenters. The third kappa shape index (κ3) is 7.33. The molecule has 4 heterocycles. The van der Waals surface area contributed by atoms with Gasteiger partial charge in [0.15, 0.2) is 5.78 Å². The molecule has 3 aromatic heterocycles. The van der Waals surface area contributed by atoms with Crippen LogP contribution in [0.2, 0.25) is 5.02 Å². The lowest BCUT2D eigenvalue weighted by atomic mass is 9.92. The molecule has 1 fully saturated rings. The molecule has 38 heavy (non-hydrogen) atoms. The Morgan fingerprint density at radius 3 is 2.66 bits per heavy atom. The predicted octanol–water partition coefficient (Wildman–Crippen LogP) is 5.56. The Labute approximate surface area is 226 Å². The van der Waals surface area contributed by atoms with E-state index in [1.54, 1.807) is 6.07 Å². The van der Waals surface area contributed by atoms with Crippen molar-refractivity contribution in [2.24, 2.45) is 5.92 Å².